The number of rotatable bonds is 8. The summed E-state index contributed by atoms with van der Waals surface area (Å²) >= 11 is 0. The van der Waals surface area contributed by atoms with Crippen LogP contribution in [-0.4, -0.2) is 29.6 Å². The van der Waals surface area contributed by atoms with E-state index in [-0.39, 0.29) is 18.7 Å². The van der Waals surface area contributed by atoms with Gasteiger partial charge >= 0.3 is 11.9 Å². The van der Waals surface area contributed by atoms with Gasteiger partial charge in [0.25, 0.3) is 0 Å². The van der Waals surface area contributed by atoms with Gasteiger partial charge in [-0.05, 0) is 55.1 Å². The highest BCUT2D eigenvalue weighted by atomic mass is 16.6. The number of nitrogens with one attached hydrogen (secondary N) is 1. The third-order valence-corrected chi connectivity index (χ3v) is 6.10. The summed E-state index contributed by atoms with van der Waals surface area (Å²) in [6.45, 7) is 6.26. The summed E-state index contributed by atoms with van der Waals surface area (Å²) in [4.78, 5) is 27.5. The Bertz CT molecular complexity index is 825. The first-order valence-electron chi connectivity index (χ1n) is 10.8. The Balaban J connectivity index is 1.39. The Labute approximate surface area is 173 Å². The highest BCUT2D eigenvalue weighted by molar-refractivity contribution is 5.83. The van der Waals surface area contributed by atoms with E-state index in [0.29, 0.717) is 30.6 Å². The van der Waals surface area contributed by atoms with Gasteiger partial charge in [0.2, 0.25) is 0 Å². The van der Waals surface area contributed by atoms with Gasteiger partial charge in [0.15, 0.2) is 6.61 Å². The van der Waals surface area contributed by atoms with Gasteiger partial charge in [0.1, 0.15) is 6.10 Å². The fraction of sp³-hybridized carbons (Fsp3) is 0.583. The Morgan fingerprint density at radius 1 is 1.17 bits per heavy atom. The van der Waals surface area contributed by atoms with Crippen molar-refractivity contribution in [3.05, 3.63) is 36.0 Å². The predicted molar refractivity (Wildman–Crippen MR) is 113 cm³/mol. The summed E-state index contributed by atoms with van der Waals surface area (Å²) < 4.78 is 10.8. The van der Waals surface area contributed by atoms with Crippen LogP contribution >= 0.6 is 0 Å². The molecule has 1 heterocycles. The molecule has 0 bridgehead atoms. The van der Waals surface area contributed by atoms with E-state index in [1.807, 2.05) is 24.4 Å². The Hall–Kier alpha value is -2.30. The lowest BCUT2D eigenvalue weighted by Crippen LogP contribution is -2.36. The molecular formula is C24H33NO4. The number of hydrogen-bond donors (Lipinski definition) is 1. The summed E-state index contributed by atoms with van der Waals surface area (Å²) in [5.74, 6) is 0.656. The summed E-state index contributed by atoms with van der Waals surface area (Å²) in [5, 5.41) is 1.19. The molecule has 1 aliphatic carbocycles. The molecule has 5 nitrogen and oxygen atoms in total. The normalized spacial score (nSPS) is 22.0. The summed E-state index contributed by atoms with van der Waals surface area (Å²) in [6, 6.07) is 8.12. The lowest BCUT2D eigenvalue weighted by molar-refractivity contribution is -0.167. The van der Waals surface area contributed by atoms with Crippen LogP contribution in [0.25, 0.3) is 10.9 Å². The molecule has 1 aliphatic rings. The van der Waals surface area contributed by atoms with E-state index in [9.17, 15) is 9.59 Å². The number of carbonyl (C=O) groups excluding carboxylic acids is 2. The second kappa shape index (κ2) is 9.95. The maximum Gasteiger partial charge on any atom is 0.344 e. The topological polar surface area (TPSA) is 68.4 Å². The van der Waals surface area contributed by atoms with Gasteiger partial charge in [-0.2, -0.15) is 0 Å². The van der Waals surface area contributed by atoms with Crippen molar-refractivity contribution in [3.8, 4) is 0 Å². The number of para-hydroxylation sites is 1. The SMILES string of the molecule is CC(C)[C@@H]1CC[C@@H](C)C[C@@H]1OC(=O)COC(=O)CCCc1c[nH]c2ccccc12. The standard InChI is InChI=1S/C24H33NO4/c1-16(2)19-12-11-17(3)13-22(19)29-24(27)15-28-23(26)10-6-7-18-14-25-21-9-5-4-8-20(18)21/h4-5,8-9,14,16-17,19,22,25H,6-7,10-13,15H2,1-3H3/t17-,19+,22+/m1/s1. The zero-order valence-electron chi connectivity index (χ0n) is 17.8. The number of benzene rings is 1. The van der Waals surface area contributed by atoms with Crippen molar-refractivity contribution in [3.63, 3.8) is 0 Å². The molecular weight excluding hydrogens is 366 g/mol. The van der Waals surface area contributed by atoms with Crippen molar-refractivity contribution in [1.29, 1.82) is 0 Å². The number of H-pyrrole nitrogens is 1. The van der Waals surface area contributed by atoms with Crippen LogP contribution in [0.2, 0.25) is 0 Å². The van der Waals surface area contributed by atoms with Gasteiger partial charge < -0.3 is 14.5 Å². The molecule has 1 N–H and O–H groups in total. The predicted octanol–water partition coefficient (Wildman–Crippen LogP) is 5.04. The van der Waals surface area contributed by atoms with E-state index in [4.69, 9.17) is 9.47 Å². The summed E-state index contributed by atoms with van der Waals surface area (Å²) in [6.07, 6.45) is 6.86. The van der Waals surface area contributed by atoms with Crippen molar-refractivity contribution in [2.75, 3.05) is 6.61 Å². The molecule has 3 atom stereocenters. The highest BCUT2D eigenvalue weighted by Gasteiger charge is 2.33. The van der Waals surface area contributed by atoms with Crippen LogP contribution in [0.3, 0.4) is 0 Å². The molecule has 1 aromatic heterocycles. The minimum absolute atomic E-state index is 0.0631. The lowest BCUT2D eigenvalue weighted by atomic mass is 9.75. The van der Waals surface area contributed by atoms with Gasteiger partial charge in [0, 0.05) is 23.5 Å². The smallest absolute Gasteiger partial charge is 0.344 e. The van der Waals surface area contributed by atoms with Crippen LogP contribution in [-0.2, 0) is 25.5 Å². The fourth-order valence-corrected chi connectivity index (χ4v) is 4.43. The molecule has 0 unspecified atom stereocenters. The van der Waals surface area contributed by atoms with Crippen molar-refractivity contribution in [2.24, 2.45) is 17.8 Å². The van der Waals surface area contributed by atoms with Gasteiger partial charge in [-0.3, -0.25) is 4.79 Å². The minimum atomic E-state index is -0.431. The van der Waals surface area contributed by atoms with E-state index >= 15 is 0 Å². The maximum atomic E-state index is 12.2. The Morgan fingerprint density at radius 2 is 1.97 bits per heavy atom. The molecule has 5 heteroatoms. The third kappa shape index (κ3) is 5.84. The van der Waals surface area contributed by atoms with E-state index in [1.54, 1.807) is 0 Å². The zero-order chi connectivity index (χ0) is 20.8. The Kier molecular flexibility index (Phi) is 7.34. The van der Waals surface area contributed by atoms with Crippen LogP contribution < -0.4 is 0 Å². The molecule has 0 radical (unpaired) electrons. The molecule has 0 aliphatic heterocycles. The number of aromatic nitrogens is 1. The van der Waals surface area contributed by atoms with Crippen molar-refractivity contribution < 1.29 is 19.1 Å². The first-order valence-corrected chi connectivity index (χ1v) is 10.8. The molecule has 158 valence electrons. The van der Waals surface area contributed by atoms with E-state index < -0.39 is 5.97 Å². The van der Waals surface area contributed by atoms with Crippen molar-refractivity contribution in [1.82, 2.24) is 4.98 Å². The molecule has 1 aromatic carbocycles. The van der Waals surface area contributed by atoms with E-state index in [0.717, 1.165) is 24.8 Å². The number of fused-ring (bicyclic) bond motifs is 1. The fourth-order valence-electron chi connectivity index (χ4n) is 4.43. The number of hydrogen-bond acceptors (Lipinski definition) is 4. The monoisotopic (exact) mass is 399 g/mol. The van der Waals surface area contributed by atoms with Gasteiger partial charge in [-0.15, -0.1) is 0 Å². The second-order valence-corrected chi connectivity index (χ2v) is 8.73. The quantitative estimate of drug-likeness (QED) is 0.632. The molecule has 1 fully saturated rings. The average Bonchev–Trinajstić information content (AvgIpc) is 3.09. The molecule has 29 heavy (non-hydrogen) atoms. The van der Waals surface area contributed by atoms with E-state index in [1.165, 1.54) is 17.4 Å². The first-order chi connectivity index (χ1) is 13.9. The molecule has 3 rings (SSSR count). The number of aryl methyl sites for hydroxylation is 1. The van der Waals surface area contributed by atoms with Gasteiger partial charge in [-0.25, -0.2) is 4.79 Å². The van der Waals surface area contributed by atoms with Crippen LogP contribution in [0, 0.1) is 17.8 Å². The molecule has 2 aromatic rings. The zero-order valence-corrected chi connectivity index (χ0v) is 17.8. The molecule has 0 spiro atoms. The number of carbonyl (C=O) groups is 2. The van der Waals surface area contributed by atoms with Gasteiger partial charge in [0.05, 0.1) is 0 Å². The third-order valence-electron chi connectivity index (χ3n) is 6.10. The molecule has 0 amide bonds. The van der Waals surface area contributed by atoms with Crippen LogP contribution in [0.5, 0.6) is 0 Å². The summed E-state index contributed by atoms with van der Waals surface area (Å²) in [5.41, 5.74) is 2.29. The maximum absolute atomic E-state index is 12.2. The average molecular weight is 400 g/mol. The van der Waals surface area contributed by atoms with E-state index in [2.05, 4.69) is 31.8 Å². The number of esters is 2. The largest absolute Gasteiger partial charge is 0.460 e. The first kappa shape index (κ1) is 21.4. The Morgan fingerprint density at radius 3 is 2.76 bits per heavy atom. The lowest BCUT2D eigenvalue weighted by Gasteiger charge is -2.36. The number of ether oxygens (including phenoxy) is 2. The molecule has 1 saturated carbocycles. The number of aromatic amines is 1. The van der Waals surface area contributed by atoms with Gasteiger partial charge in [-0.1, -0.05) is 45.4 Å². The highest BCUT2D eigenvalue weighted by Crippen LogP contribution is 2.35. The summed E-state index contributed by atoms with van der Waals surface area (Å²) in [7, 11) is 0. The van der Waals surface area contributed by atoms with Crippen molar-refractivity contribution >= 4 is 22.8 Å². The second-order valence-electron chi connectivity index (χ2n) is 8.73. The molecule has 0 saturated heterocycles. The van der Waals surface area contributed by atoms with Crippen LogP contribution in [0.15, 0.2) is 30.5 Å². The van der Waals surface area contributed by atoms with Crippen LogP contribution in [0.1, 0.15) is 58.4 Å². The minimum Gasteiger partial charge on any atom is -0.460 e. The van der Waals surface area contributed by atoms with Crippen LogP contribution in [0.4, 0.5) is 0 Å². The van der Waals surface area contributed by atoms with Crippen molar-refractivity contribution in [2.45, 2.75) is 65.4 Å².